The van der Waals surface area contributed by atoms with Crippen LogP contribution < -0.4 is 10.9 Å². The molecule has 0 radical (unpaired) electrons. The van der Waals surface area contributed by atoms with E-state index in [1.54, 1.807) is 13.0 Å². The van der Waals surface area contributed by atoms with Gasteiger partial charge in [0.15, 0.2) is 23.0 Å². The Morgan fingerprint density at radius 1 is 1.17 bits per heavy atom. The SMILES string of the molecule is Cc1nc2c(F)cc(-c3cc4c(=O)[nH]c(C5(F)CCNCC5)nc4cn3)cc2o1. The van der Waals surface area contributed by atoms with Crippen LogP contribution in [0.1, 0.15) is 24.6 Å². The number of aryl methyl sites for hydroxylation is 1. The van der Waals surface area contributed by atoms with Crippen LogP contribution in [0.4, 0.5) is 8.78 Å². The van der Waals surface area contributed by atoms with Crippen molar-refractivity contribution < 1.29 is 13.2 Å². The van der Waals surface area contributed by atoms with Crippen LogP contribution in [0.2, 0.25) is 0 Å². The number of oxazole rings is 1. The first-order valence-corrected chi connectivity index (χ1v) is 9.30. The Morgan fingerprint density at radius 2 is 1.97 bits per heavy atom. The molecule has 0 amide bonds. The van der Waals surface area contributed by atoms with Crippen molar-refractivity contribution in [3.63, 3.8) is 0 Å². The minimum Gasteiger partial charge on any atom is -0.441 e. The lowest BCUT2D eigenvalue weighted by Gasteiger charge is -2.28. The second-order valence-electron chi connectivity index (χ2n) is 7.25. The Morgan fingerprint density at radius 3 is 2.76 bits per heavy atom. The lowest BCUT2D eigenvalue weighted by atomic mass is 9.93. The second-order valence-corrected chi connectivity index (χ2v) is 7.25. The van der Waals surface area contributed by atoms with E-state index in [0.29, 0.717) is 41.3 Å². The monoisotopic (exact) mass is 397 g/mol. The standard InChI is InChI=1S/C20H17F2N5O2/c1-10-25-17-13(21)6-11(7-16(17)29-10)14-8-12-15(9-24-14)26-19(27-18(12)28)20(22)2-4-23-5-3-20/h6-9,23H,2-5H2,1H3,(H,26,27,28). The first-order chi connectivity index (χ1) is 13.9. The minimum absolute atomic E-state index is 0.0237. The molecule has 1 aromatic carbocycles. The van der Waals surface area contributed by atoms with Gasteiger partial charge < -0.3 is 14.7 Å². The van der Waals surface area contributed by atoms with Crippen LogP contribution in [0.3, 0.4) is 0 Å². The number of pyridine rings is 1. The predicted molar refractivity (Wildman–Crippen MR) is 103 cm³/mol. The molecular weight excluding hydrogens is 380 g/mol. The molecule has 1 aliphatic heterocycles. The van der Waals surface area contributed by atoms with E-state index in [2.05, 4.69) is 25.3 Å². The zero-order valence-electron chi connectivity index (χ0n) is 15.6. The summed E-state index contributed by atoms with van der Waals surface area (Å²) in [5, 5.41) is 3.35. The molecule has 0 saturated carbocycles. The lowest BCUT2D eigenvalue weighted by Crippen LogP contribution is -2.38. The third-order valence-electron chi connectivity index (χ3n) is 5.26. The summed E-state index contributed by atoms with van der Waals surface area (Å²) in [6.07, 6.45) is 1.88. The second kappa shape index (κ2) is 6.41. The Hall–Kier alpha value is -3.20. The molecule has 0 spiro atoms. The zero-order chi connectivity index (χ0) is 20.2. The average molecular weight is 397 g/mol. The summed E-state index contributed by atoms with van der Waals surface area (Å²) >= 11 is 0. The van der Waals surface area contributed by atoms with Crippen LogP contribution >= 0.6 is 0 Å². The fourth-order valence-electron chi connectivity index (χ4n) is 3.72. The van der Waals surface area contributed by atoms with Crippen molar-refractivity contribution in [2.24, 2.45) is 0 Å². The van der Waals surface area contributed by atoms with Gasteiger partial charge in [0.2, 0.25) is 0 Å². The number of rotatable bonds is 2. The van der Waals surface area contributed by atoms with Gasteiger partial charge in [-0.2, -0.15) is 0 Å². The summed E-state index contributed by atoms with van der Waals surface area (Å²) in [7, 11) is 0. The summed E-state index contributed by atoms with van der Waals surface area (Å²) in [4.78, 5) is 27.8. The molecule has 5 rings (SSSR count). The van der Waals surface area contributed by atoms with E-state index in [4.69, 9.17) is 4.42 Å². The van der Waals surface area contributed by atoms with E-state index in [1.807, 2.05) is 0 Å². The van der Waals surface area contributed by atoms with E-state index in [0.717, 1.165) is 0 Å². The minimum atomic E-state index is -1.67. The highest BCUT2D eigenvalue weighted by molar-refractivity contribution is 5.84. The van der Waals surface area contributed by atoms with Crippen LogP contribution in [0.5, 0.6) is 0 Å². The first kappa shape index (κ1) is 17.9. The van der Waals surface area contributed by atoms with Gasteiger partial charge in [-0.05, 0) is 31.3 Å². The molecule has 0 bridgehead atoms. The third-order valence-corrected chi connectivity index (χ3v) is 5.26. The molecule has 1 fully saturated rings. The Bertz CT molecular complexity index is 1310. The van der Waals surface area contributed by atoms with Crippen molar-refractivity contribution in [3.8, 4) is 11.3 Å². The number of piperidine rings is 1. The van der Waals surface area contributed by atoms with Gasteiger partial charge in [-0.1, -0.05) is 0 Å². The van der Waals surface area contributed by atoms with Gasteiger partial charge in [0.25, 0.3) is 5.56 Å². The predicted octanol–water partition coefficient (Wildman–Crippen LogP) is 3.12. The number of benzene rings is 1. The average Bonchev–Trinajstić information content (AvgIpc) is 3.09. The van der Waals surface area contributed by atoms with Gasteiger partial charge in [0, 0.05) is 25.3 Å². The highest BCUT2D eigenvalue weighted by atomic mass is 19.1. The number of fused-ring (bicyclic) bond motifs is 2. The molecule has 9 heteroatoms. The summed E-state index contributed by atoms with van der Waals surface area (Å²) in [5.41, 5.74) is -0.573. The highest BCUT2D eigenvalue weighted by Crippen LogP contribution is 2.33. The van der Waals surface area contributed by atoms with Crippen molar-refractivity contribution >= 4 is 22.0 Å². The number of nitrogens with one attached hydrogen (secondary N) is 2. The van der Waals surface area contributed by atoms with Gasteiger partial charge in [0.1, 0.15) is 11.3 Å². The van der Waals surface area contributed by atoms with Crippen molar-refractivity contribution in [3.05, 3.63) is 52.3 Å². The first-order valence-electron chi connectivity index (χ1n) is 9.30. The van der Waals surface area contributed by atoms with Crippen molar-refractivity contribution in [1.29, 1.82) is 0 Å². The largest absolute Gasteiger partial charge is 0.441 e. The van der Waals surface area contributed by atoms with Gasteiger partial charge in [-0.25, -0.2) is 18.7 Å². The molecule has 4 aromatic rings. The topological polar surface area (TPSA) is 96.7 Å². The molecule has 0 aliphatic carbocycles. The third kappa shape index (κ3) is 2.98. The molecule has 148 valence electrons. The highest BCUT2D eigenvalue weighted by Gasteiger charge is 2.36. The molecule has 0 unspecified atom stereocenters. The number of aromatic nitrogens is 4. The number of alkyl halides is 1. The van der Waals surface area contributed by atoms with Crippen LogP contribution in [-0.2, 0) is 5.67 Å². The van der Waals surface area contributed by atoms with Crippen LogP contribution in [0.25, 0.3) is 33.3 Å². The zero-order valence-corrected chi connectivity index (χ0v) is 15.6. The molecule has 1 saturated heterocycles. The Labute approximate surface area is 163 Å². The van der Waals surface area contributed by atoms with Gasteiger partial charge in [-0.3, -0.25) is 9.78 Å². The van der Waals surface area contributed by atoms with Crippen LogP contribution in [0.15, 0.2) is 33.6 Å². The van der Waals surface area contributed by atoms with E-state index in [9.17, 15) is 9.18 Å². The molecule has 0 atom stereocenters. The maximum Gasteiger partial charge on any atom is 0.258 e. The maximum atomic E-state index is 15.2. The summed E-state index contributed by atoms with van der Waals surface area (Å²) in [5.74, 6) is -0.159. The van der Waals surface area contributed by atoms with Crippen molar-refractivity contribution in [1.82, 2.24) is 25.3 Å². The van der Waals surface area contributed by atoms with Gasteiger partial charge in [0.05, 0.1) is 22.8 Å². The van der Waals surface area contributed by atoms with Gasteiger partial charge in [-0.15, -0.1) is 0 Å². The van der Waals surface area contributed by atoms with Crippen molar-refractivity contribution in [2.45, 2.75) is 25.4 Å². The summed E-state index contributed by atoms with van der Waals surface area (Å²) < 4.78 is 35.0. The van der Waals surface area contributed by atoms with Crippen LogP contribution in [-0.4, -0.2) is 33.0 Å². The van der Waals surface area contributed by atoms with Gasteiger partial charge >= 0.3 is 0 Å². The fraction of sp³-hybridized carbons (Fsp3) is 0.300. The normalized spacial score (nSPS) is 16.5. The number of hydrogen-bond acceptors (Lipinski definition) is 6. The number of aromatic amines is 1. The fourth-order valence-corrected chi connectivity index (χ4v) is 3.72. The van der Waals surface area contributed by atoms with E-state index in [-0.39, 0.29) is 29.6 Å². The van der Waals surface area contributed by atoms with E-state index in [1.165, 1.54) is 18.3 Å². The van der Waals surface area contributed by atoms with E-state index >= 15 is 4.39 Å². The number of nitrogens with zero attached hydrogens (tertiary/aromatic N) is 3. The summed E-state index contributed by atoms with van der Waals surface area (Å²) in [6, 6.07) is 4.43. The molecule has 1 aliphatic rings. The molecule has 29 heavy (non-hydrogen) atoms. The van der Waals surface area contributed by atoms with Crippen LogP contribution in [0, 0.1) is 12.7 Å². The quantitative estimate of drug-likeness (QED) is 0.540. The number of H-pyrrole nitrogens is 1. The Balaban J connectivity index is 1.62. The molecule has 7 nitrogen and oxygen atoms in total. The molecule has 2 N–H and O–H groups in total. The molecule has 4 heterocycles. The lowest BCUT2D eigenvalue weighted by molar-refractivity contribution is 0.104. The maximum absolute atomic E-state index is 15.2. The van der Waals surface area contributed by atoms with Crippen molar-refractivity contribution in [2.75, 3.05) is 13.1 Å². The number of hydrogen-bond donors (Lipinski definition) is 2. The molecular formula is C20H17F2N5O2. The number of halogens is 2. The molecule has 3 aromatic heterocycles. The summed E-state index contributed by atoms with van der Waals surface area (Å²) in [6.45, 7) is 2.67. The van der Waals surface area contributed by atoms with E-state index < -0.39 is 17.0 Å². The Kier molecular flexibility index (Phi) is 3.95. The smallest absolute Gasteiger partial charge is 0.258 e.